The Labute approximate surface area is 104 Å². The van der Waals surface area contributed by atoms with Gasteiger partial charge in [-0.3, -0.25) is 0 Å². The summed E-state index contributed by atoms with van der Waals surface area (Å²) in [4.78, 5) is 8.46. The Morgan fingerprint density at radius 2 is 1.88 bits per heavy atom. The normalized spacial score (nSPS) is 18.6. The highest BCUT2D eigenvalue weighted by molar-refractivity contribution is 5.23. The van der Waals surface area contributed by atoms with Crippen LogP contribution >= 0.6 is 0 Å². The van der Waals surface area contributed by atoms with Crippen LogP contribution in [0.2, 0.25) is 0 Å². The summed E-state index contributed by atoms with van der Waals surface area (Å²) in [5, 5.41) is 3.41. The molecule has 0 unspecified atom stereocenters. The number of aromatic nitrogens is 2. The Balaban J connectivity index is 2.27. The number of aryl methyl sites for hydroxylation is 1. The zero-order chi connectivity index (χ0) is 12.5. The molecule has 1 aromatic heterocycles. The van der Waals surface area contributed by atoms with Crippen LogP contribution in [-0.4, -0.2) is 23.1 Å². The molecule has 0 saturated carbocycles. The van der Waals surface area contributed by atoms with Crippen molar-refractivity contribution in [2.24, 2.45) is 0 Å². The SMILES string of the molecule is CCc1[nH]c(C2CCNCC2)nc1C(C)(C)C. The smallest absolute Gasteiger partial charge is 0.109 e. The molecular formula is C14H25N3. The highest BCUT2D eigenvalue weighted by Crippen LogP contribution is 2.29. The van der Waals surface area contributed by atoms with E-state index in [-0.39, 0.29) is 5.41 Å². The number of imidazole rings is 1. The lowest BCUT2D eigenvalue weighted by Gasteiger charge is -2.20. The molecule has 1 aromatic rings. The summed E-state index contributed by atoms with van der Waals surface area (Å²) in [6, 6.07) is 0. The van der Waals surface area contributed by atoms with Crippen LogP contribution in [0.4, 0.5) is 0 Å². The van der Waals surface area contributed by atoms with Crippen molar-refractivity contribution in [3.05, 3.63) is 17.2 Å². The highest BCUT2D eigenvalue weighted by Gasteiger charge is 2.25. The van der Waals surface area contributed by atoms with Crippen molar-refractivity contribution in [1.29, 1.82) is 0 Å². The third-order valence-electron chi connectivity index (χ3n) is 3.59. The van der Waals surface area contributed by atoms with Crippen LogP contribution in [0.5, 0.6) is 0 Å². The van der Waals surface area contributed by atoms with Gasteiger partial charge in [-0.05, 0) is 32.4 Å². The monoisotopic (exact) mass is 235 g/mol. The first-order valence-corrected chi connectivity index (χ1v) is 6.82. The molecule has 1 aliphatic heterocycles. The second-order valence-electron chi connectivity index (χ2n) is 6.08. The highest BCUT2D eigenvalue weighted by atomic mass is 15.0. The largest absolute Gasteiger partial charge is 0.345 e. The number of rotatable bonds is 2. The summed E-state index contributed by atoms with van der Waals surface area (Å²) < 4.78 is 0. The molecule has 2 N–H and O–H groups in total. The van der Waals surface area contributed by atoms with E-state index in [2.05, 4.69) is 38.0 Å². The molecule has 0 aliphatic carbocycles. The van der Waals surface area contributed by atoms with E-state index in [1.807, 2.05) is 0 Å². The maximum atomic E-state index is 4.89. The fraction of sp³-hybridized carbons (Fsp3) is 0.786. The van der Waals surface area contributed by atoms with Gasteiger partial charge in [0.25, 0.3) is 0 Å². The number of piperidine rings is 1. The van der Waals surface area contributed by atoms with Gasteiger partial charge in [-0.1, -0.05) is 27.7 Å². The Morgan fingerprint density at radius 1 is 1.24 bits per heavy atom. The number of H-pyrrole nitrogens is 1. The topological polar surface area (TPSA) is 40.7 Å². The van der Waals surface area contributed by atoms with Crippen molar-refractivity contribution in [1.82, 2.24) is 15.3 Å². The number of nitrogens with one attached hydrogen (secondary N) is 2. The van der Waals surface area contributed by atoms with E-state index in [9.17, 15) is 0 Å². The van der Waals surface area contributed by atoms with Gasteiger partial charge in [-0.25, -0.2) is 4.98 Å². The number of hydrogen-bond acceptors (Lipinski definition) is 2. The summed E-state index contributed by atoms with van der Waals surface area (Å²) in [6.45, 7) is 11.2. The van der Waals surface area contributed by atoms with Gasteiger partial charge < -0.3 is 10.3 Å². The molecule has 0 bridgehead atoms. The first kappa shape index (κ1) is 12.6. The molecule has 3 nitrogen and oxygen atoms in total. The number of hydrogen-bond donors (Lipinski definition) is 2. The molecule has 0 spiro atoms. The second-order valence-corrected chi connectivity index (χ2v) is 6.08. The predicted octanol–water partition coefficient (Wildman–Crippen LogP) is 2.74. The van der Waals surface area contributed by atoms with Crippen molar-refractivity contribution in [3.63, 3.8) is 0 Å². The fourth-order valence-electron chi connectivity index (χ4n) is 2.59. The lowest BCUT2D eigenvalue weighted by molar-refractivity contribution is 0.445. The molecule has 2 rings (SSSR count). The third-order valence-corrected chi connectivity index (χ3v) is 3.59. The maximum absolute atomic E-state index is 4.89. The van der Waals surface area contributed by atoms with E-state index in [0.717, 1.165) is 19.5 Å². The van der Waals surface area contributed by atoms with Crippen LogP contribution in [0.15, 0.2) is 0 Å². The van der Waals surface area contributed by atoms with Crippen LogP contribution < -0.4 is 5.32 Å². The zero-order valence-corrected chi connectivity index (χ0v) is 11.6. The van der Waals surface area contributed by atoms with Crippen LogP contribution in [0.1, 0.15) is 63.7 Å². The first-order valence-electron chi connectivity index (χ1n) is 6.82. The Kier molecular flexibility index (Phi) is 3.57. The van der Waals surface area contributed by atoms with Crippen molar-refractivity contribution in [2.45, 2.75) is 58.3 Å². The summed E-state index contributed by atoms with van der Waals surface area (Å²) in [6.07, 6.45) is 3.46. The van der Waals surface area contributed by atoms with E-state index in [1.54, 1.807) is 0 Å². The van der Waals surface area contributed by atoms with Gasteiger partial charge in [-0.2, -0.15) is 0 Å². The maximum Gasteiger partial charge on any atom is 0.109 e. The molecule has 96 valence electrons. The van der Waals surface area contributed by atoms with Crippen molar-refractivity contribution >= 4 is 0 Å². The molecule has 1 fully saturated rings. The van der Waals surface area contributed by atoms with Gasteiger partial charge in [0.2, 0.25) is 0 Å². The van der Waals surface area contributed by atoms with Gasteiger partial charge in [0.15, 0.2) is 0 Å². The second kappa shape index (κ2) is 4.81. The molecule has 2 heterocycles. The minimum Gasteiger partial charge on any atom is -0.345 e. The minimum absolute atomic E-state index is 0.146. The summed E-state index contributed by atoms with van der Waals surface area (Å²) in [5.41, 5.74) is 2.73. The Morgan fingerprint density at radius 3 is 2.35 bits per heavy atom. The Hall–Kier alpha value is -0.830. The third kappa shape index (κ3) is 2.71. The molecule has 0 amide bonds. The van der Waals surface area contributed by atoms with E-state index in [0.29, 0.717) is 5.92 Å². The van der Waals surface area contributed by atoms with Crippen LogP contribution in [0, 0.1) is 0 Å². The molecule has 0 atom stereocenters. The quantitative estimate of drug-likeness (QED) is 0.827. The van der Waals surface area contributed by atoms with Gasteiger partial charge in [0, 0.05) is 17.0 Å². The average Bonchev–Trinajstić information content (AvgIpc) is 2.74. The molecular weight excluding hydrogens is 210 g/mol. The first-order chi connectivity index (χ1) is 8.02. The van der Waals surface area contributed by atoms with Crippen LogP contribution in [0.25, 0.3) is 0 Å². The molecule has 0 radical (unpaired) electrons. The van der Waals surface area contributed by atoms with E-state index in [1.165, 1.54) is 30.1 Å². The summed E-state index contributed by atoms with van der Waals surface area (Å²) in [7, 11) is 0. The molecule has 1 aliphatic rings. The molecule has 17 heavy (non-hydrogen) atoms. The number of aromatic amines is 1. The average molecular weight is 235 g/mol. The van der Waals surface area contributed by atoms with Crippen LogP contribution in [0.3, 0.4) is 0 Å². The van der Waals surface area contributed by atoms with Crippen molar-refractivity contribution in [2.75, 3.05) is 13.1 Å². The van der Waals surface area contributed by atoms with Gasteiger partial charge >= 0.3 is 0 Å². The van der Waals surface area contributed by atoms with Crippen LogP contribution in [-0.2, 0) is 11.8 Å². The standard InChI is InChI=1S/C14H25N3/c1-5-11-12(14(2,3)4)17-13(16-11)10-6-8-15-9-7-10/h10,15H,5-9H2,1-4H3,(H,16,17). The predicted molar refractivity (Wildman–Crippen MR) is 71.5 cm³/mol. The lowest BCUT2D eigenvalue weighted by atomic mass is 9.90. The molecule has 0 aromatic carbocycles. The Bertz CT molecular complexity index is 367. The lowest BCUT2D eigenvalue weighted by Crippen LogP contribution is -2.27. The van der Waals surface area contributed by atoms with Crippen molar-refractivity contribution < 1.29 is 0 Å². The van der Waals surface area contributed by atoms with Crippen molar-refractivity contribution in [3.8, 4) is 0 Å². The van der Waals surface area contributed by atoms with E-state index < -0.39 is 0 Å². The molecule has 3 heteroatoms. The van der Waals surface area contributed by atoms with Gasteiger partial charge in [0.1, 0.15) is 5.82 Å². The minimum atomic E-state index is 0.146. The van der Waals surface area contributed by atoms with Gasteiger partial charge in [0.05, 0.1) is 5.69 Å². The van der Waals surface area contributed by atoms with E-state index in [4.69, 9.17) is 4.98 Å². The summed E-state index contributed by atoms with van der Waals surface area (Å²) >= 11 is 0. The fourth-order valence-corrected chi connectivity index (χ4v) is 2.59. The van der Waals surface area contributed by atoms with E-state index >= 15 is 0 Å². The molecule has 1 saturated heterocycles. The zero-order valence-electron chi connectivity index (χ0n) is 11.6. The number of nitrogens with zero attached hydrogens (tertiary/aromatic N) is 1. The summed E-state index contributed by atoms with van der Waals surface area (Å²) in [5.74, 6) is 1.84. The van der Waals surface area contributed by atoms with Gasteiger partial charge in [-0.15, -0.1) is 0 Å².